The van der Waals surface area contributed by atoms with E-state index < -0.39 is 5.60 Å². The molecule has 19 heavy (non-hydrogen) atoms. The van der Waals surface area contributed by atoms with Crippen LogP contribution >= 0.6 is 15.9 Å². The molecule has 1 fully saturated rings. The van der Waals surface area contributed by atoms with E-state index in [2.05, 4.69) is 22.0 Å². The van der Waals surface area contributed by atoms with Crippen LogP contribution in [0, 0.1) is 0 Å². The lowest BCUT2D eigenvalue weighted by Crippen LogP contribution is -2.46. The van der Waals surface area contributed by atoms with Crippen molar-refractivity contribution in [2.75, 3.05) is 13.1 Å². The predicted octanol–water partition coefficient (Wildman–Crippen LogP) is 4.08. The monoisotopic (exact) mass is 323 g/mol. The molecule has 3 nitrogen and oxygen atoms in total. The van der Waals surface area contributed by atoms with Crippen molar-refractivity contribution < 1.29 is 9.53 Å². The van der Waals surface area contributed by atoms with Crippen molar-refractivity contribution in [1.82, 2.24) is 4.90 Å². The van der Waals surface area contributed by atoms with Gasteiger partial charge in [0.05, 0.1) is 0 Å². The lowest BCUT2D eigenvalue weighted by atomic mass is 10.0. The molecular formula is C15H18BrNO2. The molecule has 1 amide bonds. The van der Waals surface area contributed by atoms with Crippen LogP contribution in [0.25, 0.3) is 6.08 Å². The van der Waals surface area contributed by atoms with Gasteiger partial charge < -0.3 is 9.64 Å². The zero-order valence-corrected chi connectivity index (χ0v) is 13.0. The summed E-state index contributed by atoms with van der Waals surface area (Å²) in [6.45, 7) is 6.93. The van der Waals surface area contributed by atoms with Gasteiger partial charge in [0.2, 0.25) is 0 Å². The molecule has 0 unspecified atom stereocenters. The highest BCUT2D eigenvalue weighted by molar-refractivity contribution is 9.10. The van der Waals surface area contributed by atoms with Crippen molar-refractivity contribution in [3.63, 3.8) is 0 Å². The summed E-state index contributed by atoms with van der Waals surface area (Å²) in [4.78, 5) is 13.5. The normalized spacial score (nSPS) is 14.9. The third-order valence-electron chi connectivity index (χ3n) is 2.70. The Balaban J connectivity index is 1.93. The number of hydrogen-bond acceptors (Lipinski definition) is 2. The Morgan fingerprint density at radius 2 is 1.95 bits per heavy atom. The SMILES string of the molecule is CC(C)(C)OC(=O)N1CC(=Cc2ccccc2Br)C1. The van der Waals surface area contributed by atoms with Crippen LogP contribution in [0.5, 0.6) is 0 Å². The Kier molecular flexibility index (Phi) is 3.99. The maximum Gasteiger partial charge on any atom is 0.410 e. The van der Waals surface area contributed by atoms with Gasteiger partial charge in [0.1, 0.15) is 5.60 Å². The summed E-state index contributed by atoms with van der Waals surface area (Å²) in [6.07, 6.45) is 1.88. The predicted molar refractivity (Wildman–Crippen MR) is 79.9 cm³/mol. The molecule has 0 saturated carbocycles. The van der Waals surface area contributed by atoms with E-state index in [1.54, 1.807) is 4.90 Å². The van der Waals surface area contributed by atoms with E-state index >= 15 is 0 Å². The van der Waals surface area contributed by atoms with Gasteiger partial charge in [-0.3, -0.25) is 0 Å². The first-order chi connectivity index (χ1) is 8.85. The standard InChI is InChI=1S/C15H18BrNO2/c1-15(2,3)19-14(18)17-9-11(10-17)8-12-6-4-5-7-13(12)16/h4-8H,9-10H2,1-3H3. The summed E-state index contributed by atoms with van der Waals surface area (Å²) < 4.78 is 6.38. The van der Waals surface area contributed by atoms with Gasteiger partial charge in [0.25, 0.3) is 0 Å². The molecule has 0 radical (unpaired) electrons. The van der Waals surface area contributed by atoms with Crippen LogP contribution in [0.15, 0.2) is 34.3 Å². The third kappa shape index (κ3) is 3.83. The van der Waals surface area contributed by atoms with Crippen LogP contribution in [0.3, 0.4) is 0 Å². The van der Waals surface area contributed by atoms with Crippen molar-refractivity contribution >= 4 is 28.1 Å². The van der Waals surface area contributed by atoms with E-state index in [4.69, 9.17) is 4.74 Å². The quantitative estimate of drug-likeness (QED) is 0.779. The van der Waals surface area contributed by atoms with Gasteiger partial charge in [-0.25, -0.2) is 4.79 Å². The number of rotatable bonds is 1. The van der Waals surface area contributed by atoms with Crippen molar-refractivity contribution in [3.05, 3.63) is 39.9 Å². The van der Waals surface area contributed by atoms with Crippen molar-refractivity contribution in [3.8, 4) is 0 Å². The van der Waals surface area contributed by atoms with Crippen LogP contribution in [0.1, 0.15) is 26.3 Å². The summed E-state index contributed by atoms with van der Waals surface area (Å²) in [7, 11) is 0. The molecule has 1 heterocycles. The zero-order chi connectivity index (χ0) is 14.0. The number of hydrogen-bond donors (Lipinski definition) is 0. The Labute approximate surface area is 122 Å². The van der Waals surface area contributed by atoms with Gasteiger partial charge in [-0.1, -0.05) is 40.2 Å². The van der Waals surface area contributed by atoms with E-state index in [9.17, 15) is 4.79 Å². The van der Waals surface area contributed by atoms with Gasteiger partial charge in [0.15, 0.2) is 0 Å². The van der Waals surface area contributed by atoms with Crippen molar-refractivity contribution in [1.29, 1.82) is 0 Å². The minimum absolute atomic E-state index is 0.239. The number of ether oxygens (including phenoxy) is 1. The highest BCUT2D eigenvalue weighted by atomic mass is 79.9. The first-order valence-electron chi connectivity index (χ1n) is 6.27. The Bertz CT molecular complexity index is 509. The molecule has 0 atom stereocenters. The summed E-state index contributed by atoms with van der Waals surface area (Å²) in [5, 5.41) is 0. The first-order valence-corrected chi connectivity index (χ1v) is 7.06. The van der Waals surface area contributed by atoms with Gasteiger partial charge >= 0.3 is 6.09 Å². The summed E-state index contributed by atoms with van der Waals surface area (Å²) >= 11 is 3.51. The number of amides is 1. The highest BCUT2D eigenvalue weighted by Crippen LogP contribution is 2.24. The molecule has 1 aromatic rings. The molecule has 1 aliphatic heterocycles. The molecule has 0 aromatic heterocycles. The number of carbonyl (C=O) groups excluding carboxylic acids is 1. The number of likely N-dealkylation sites (tertiary alicyclic amines) is 1. The first kappa shape index (κ1) is 14.1. The molecule has 1 aromatic carbocycles. The number of halogens is 1. The molecule has 0 aliphatic carbocycles. The third-order valence-corrected chi connectivity index (χ3v) is 3.43. The fourth-order valence-electron chi connectivity index (χ4n) is 1.80. The maximum atomic E-state index is 11.8. The second-order valence-electron chi connectivity index (χ2n) is 5.66. The number of nitrogens with zero attached hydrogens (tertiary/aromatic N) is 1. The lowest BCUT2D eigenvalue weighted by molar-refractivity contribution is 0.0216. The molecule has 0 bridgehead atoms. The fourth-order valence-corrected chi connectivity index (χ4v) is 2.20. The molecule has 0 N–H and O–H groups in total. The van der Waals surface area contributed by atoms with E-state index in [0.717, 1.165) is 10.0 Å². The van der Waals surface area contributed by atoms with E-state index in [-0.39, 0.29) is 6.09 Å². The highest BCUT2D eigenvalue weighted by Gasteiger charge is 2.29. The molecular weight excluding hydrogens is 306 g/mol. The molecule has 4 heteroatoms. The molecule has 2 rings (SSSR count). The van der Waals surface area contributed by atoms with Gasteiger partial charge in [-0.15, -0.1) is 0 Å². The van der Waals surface area contributed by atoms with Gasteiger partial charge in [-0.2, -0.15) is 0 Å². The van der Waals surface area contributed by atoms with Crippen LogP contribution in [-0.4, -0.2) is 29.7 Å². The second-order valence-corrected chi connectivity index (χ2v) is 6.51. The molecule has 1 aliphatic rings. The molecule has 0 spiro atoms. The zero-order valence-electron chi connectivity index (χ0n) is 11.4. The summed E-state index contributed by atoms with van der Waals surface area (Å²) in [5.74, 6) is 0. The van der Waals surface area contributed by atoms with Crippen molar-refractivity contribution in [2.45, 2.75) is 26.4 Å². The largest absolute Gasteiger partial charge is 0.444 e. The minimum atomic E-state index is -0.432. The second kappa shape index (κ2) is 5.37. The van der Waals surface area contributed by atoms with Gasteiger partial charge in [0, 0.05) is 17.6 Å². The van der Waals surface area contributed by atoms with E-state index in [1.165, 1.54) is 5.57 Å². The Morgan fingerprint density at radius 1 is 1.32 bits per heavy atom. The van der Waals surface area contributed by atoms with Crippen LogP contribution in [-0.2, 0) is 4.74 Å². The minimum Gasteiger partial charge on any atom is -0.444 e. The topological polar surface area (TPSA) is 29.5 Å². The summed E-state index contributed by atoms with van der Waals surface area (Å²) in [5.41, 5.74) is 1.94. The number of benzene rings is 1. The van der Waals surface area contributed by atoms with Crippen LogP contribution < -0.4 is 0 Å². The summed E-state index contributed by atoms with van der Waals surface area (Å²) in [6, 6.07) is 8.05. The average Bonchev–Trinajstić information content (AvgIpc) is 2.22. The van der Waals surface area contributed by atoms with Crippen LogP contribution in [0.4, 0.5) is 4.79 Å². The Morgan fingerprint density at radius 3 is 2.53 bits per heavy atom. The average molecular weight is 324 g/mol. The van der Waals surface area contributed by atoms with Gasteiger partial charge in [-0.05, 0) is 38.0 Å². The Hall–Kier alpha value is -1.29. The van der Waals surface area contributed by atoms with Crippen LogP contribution in [0.2, 0.25) is 0 Å². The fraction of sp³-hybridized carbons (Fsp3) is 0.400. The maximum absolute atomic E-state index is 11.8. The molecule has 102 valence electrons. The molecule has 1 saturated heterocycles. The smallest absolute Gasteiger partial charge is 0.410 e. The lowest BCUT2D eigenvalue weighted by Gasteiger charge is -2.35. The number of carbonyl (C=O) groups is 1. The van der Waals surface area contributed by atoms with Crippen molar-refractivity contribution in [2.24, 2.45) is 0 Å². The van der Waals surface area contributed by atoms with E-state index in [1.807, 2.05) is 45.0 Å². The van der Waals surface area contributed by atoms with E-state index in [0.29, 0.717) is 13.1 Å².